The van der Waals surface area contributed by atoms with Crippen molar-refractivity contribution >= 4 is 51.0 Å². The lowest BCUT2D eigenvalue weighted by Gasteiger charge is -2.28. The minimum Gasteiger partial charge on any atom is -0.478 e. The standard InChI is InChI=1S/C32H24N6O3.C31H22N6O3.C31H25N5O3/c1-20-29(21(2)41-37-20)24-16-26-30(36-17-24)25(22-10-12-23(13-11-22)31(39)40-3)18-38(26)32(19-33,27-8-4-6-14-34-27)28-9-5-7-15-35-28;1-19-28(20(2)40-36-19)23-15-25-29(35-16-23)24(21-9-11-22(12-10-21)30(38)39)17-37(25)31(18-32,26-7-3-5-13-33-26)27-8-4-6-14-34-27;1-19-28(20(2)39-35-19)23-16-27-29(34-17-23)24(21-10-12-22(13-11-21)31(37)38-3)18-36(27)30(25-8-4-6-14-32-25)26-9-5-7-15-33-26/h4-18H,1-3H3;3-17H,1-2H3,(H,38,39);4-18,30H,1-3H3. The number of nitriles is 2. The number of carbonyl (C=O) groups excluding carboxylic acids is 2. The van der Waals surface area contributed by atoms with Crippen molar-refractivity contribution in [2.45, 2.75) is 58.7 Å². The lowest BCUT2D eigenvalue weighted by atomic mass is 9.90. The number of rotatable bonds is 18. The van der Waals surface area contributed by atoms with E-state index in [1.54, 1.807) is 122 Å². The Morgan fingerprint density at radius 3 is 0.975 bits per heavy atom. The van der Waals surface area contributed by atoms with Crippen molar-refractivity contribution in [2.75, 3.05) is 14.2 Å². The second-order valence-corrected chi connectivity index (χ2v) is 28.1. The van der Waals surface area contributed by atoms with E-state index >= 15 is 0 Å². The molecule has 0 saturated heterocycles. The molecule has 0 radical (unpaired) electrons. The molecule has 0 fully saturated rings. The van der Waals surface area contributed by atoms with Crippen LogP contribution in [0.1, 0.15) is 106 Å². The quantitative estimate of drug-likeness (QED) is 0.0780. The number of carbonyl (C=O) groups is 3. The van der Waals surface area contributed by atoms with Gasteiger partial charge in [-0.3, -0.25) is 44.9 Å². The van der Waals surface area contributed by atoms with Gasteiger partial charge in [-0.05, 0) is 186 Å². The van der Waals surface area contributed by atoms with Crippen LogP contribution in [0.4, 0.5) is 0 Å². The maximum atomic E-state index is 12.1. The number of esters is 2. The van der Waals surface area contributed by atoms with E-state index in [0.717, 1.165) is 112 Å². The Kier molecular flexibility index (Phi) is 21.2. The molecule has 26 heteroatoms. The average Bonchev–Trinajstić information content (AvgIpc) is 1.57. The molecule has 1 N–H and O–H groups in total. The van der Waals surface area contributed by atoms with E-state index in [9.17, 15) is 30.0 Å². The molecule has 0 saturated carbocycles. The van der Waals surface area contributed by atoms with Crippen LogP contribution in [-0.4, -0.2) is 111 Å². The minimum absolute atomic E-state index is 0.175. The summed E-state index contributed by atoms with van der Waals surface area (Å²) in [6.07, 6.45) is 21.4. The Bertz CT molecular complexity index is 6740. The first-order chi connectivity index (χ1) is 58.5. The fraction of sp³-hybridized carbons (Fsp3) is 0.117. The Morgan fingerprint density at radius 1 is 0.383 bits per heavy atom. The molecule has 18 aromatic rings. The number of benzene rings is 3. The third-order valence-electron chi connectivity index (χ3n) is 21.0. The van der Waals surface area contributed by atoms with E-state index < -0.39 is 23.0 Å². The van der Waals surface area contributed by atoms with E-state index in [1.807, 2.05) is 191 Å². The zero-order valence-electron chi connectivity index (χ0n) is 65.9. The molecule has 586 valence electrons. The average molecular weight is 1580 g/mol. The van der Waals surface area contributed by atoms with Crippen LogP contribution >= 0.6 is 0 Å². The van der Waals surface area contributed by atoms with E-state index in [-0.39, 0.29) is 17.6 Å². The summed E-state index contributed by atoms with van der Waals surface area (Å²) in [7, 11) is 2.72. The Hall–Kier alpha value is -16.4. The number of pyridine rings is 9. The predicted octanol–water partition coefficient (Wildman–Crippen LogP) is 17.8. The molecule has 120 heavy (non-hydrogen) atoms. The van der Waals surface area contributed by atoms with Gasteiger partial charge in [-0.15, -0.1) is 0 Å². The van der Waals surface area contributed by atoms with Crippen LogP contribution in [0.15, 0.2) is 288 Å². The van der Waals surface area contributed by atoms with Crippen molar-refractivity contribution in [3.63, 3.8) is 0 Å². The van der Waals surface area contributed by atoms with Gasteiger partial charge in [0.1, 0.15) is 35.5 Å². The highest BCUT2D eigenvalue weighted by molar-refractivity contribution is 6.00. The van der Waals surface area contributed by atoms with Gasteiger partial charge < -0.3 is 41.9 Å². The van der Waals surface area contributed by atoms with Gasteiger partial charge in [-0.1, -0.05) is 88.3 Å². The number of carboxylic acids is 1. The smallest absolute Gasteiger partial charge is 0.337 e. The zero-order chi connectivity index (χ0) is 83.3. The molecular weight excluding hydrogens is 1510 g/mol. The van der Waals surface area contributed by atoms with Crippen molar-refractivity contribution in [1.82, 2.24) is 74.0 Å². The number of methoxy groups -OCH3 is 2. The number of fused-ring (bicyclic) bond motifs is 3. The topological polar surface area (TPSA) is 346 Å². The number of aromatic carboxylic acids is 1. The van der Waals surface area contributed by atoms with Gasteiger partial charge in [0, 0.05) is 124 Å². The van der Waals surface area contributed by atoms with Crippen LogP contribution in [0.25, 0.3) is 99.9 Å². The predicted molar refractivity (Wildman–Crippen MR) is 446 cm³/mol. The molecule has 15 heterocycles. The lowest BCUT2D eigenvalue weighted by molar-refractivity contribution is 0.0592. The summed E-state index contributed by atoms with van der Waals surface area (Å²) in [5.74, 6) is 0.247. The molecule has 26 nitrogen and oxygen atoms in total. The maximum absolute atomic E-state index is 12.1. The molecule has 0 spiro atoms. The minimum atomic E-state index is -1.45. The van der Waals surface area contributed by atoms with Crippen molar-refractivity contribution in [2.24, 2.45) is 0 Å². The van der Waals surface area contributed by atoms with E-state index in [1.165, 1.54) is 14.2 Å². The maximum Gasteiger partial charge on any atom is 0.337 e. The highest BCUT2D eigenvalue weighted by atomic mass is 16.5. The van der Waals surface area contributed by atoms with Gasteiger partial charge in [0.15, 0.2) is 0 Å². The molecule has 0 amide bonds. The van der Waals surface area contributed by atoms with Crippen molar-refractivity contribution in [1.29, 1.82) is 10.5 Å². The summed E-state index contributed by atoms with van der Waals surface area (Å²) in [5.41, 5.74) is 18.5. The van der Waals surface area contributed by atoms with Crippen molar-refractivity contribution in [3.8, 4) is 78.9 Å². The number of aryl methyl sites for hydroxylation is 6. The van der Waals surface area contributed by atoms with Crippen LogP contribution < -0.4 is 0 Å². The number of nitrogens with zero attached hydrogens (tertiary/aromatic N) is 17. The summed E-state index contributed by atoms with van der Waals surface area (Å²) < 4.78 is 31.9. The number of hydrogen-bond acceptors (Lipinski definition) is 22. The van der Waals surface area contributed by atoms with Crippen LogP contribution in [0.5, 0.6) is 0 Å². The van der Waals surface area contributed by atoms with Gasteiger partial charge in [0.2, 0.25) is 11.1 Å². The Morgan fingerprint density at radius 2 is 0.692 bits per heavy atom. The second kappa shape index (κ2) is 32.9. The van der Waals surface area contributed by atoms with Gasteiger partial charge in [0.25, 0.3) is 0 Å². The first-order valence-corrected chi connectivity index (χ1v) is 37.8. The largest absolute Gasteiger partial charge is 0.478 e. The fourth-order valence-corrected chi connectivity index (χ4v) is 15.3. The molecule has 0 aliphatic rings. The molecule has 0 aliphatic carbocycles. The SMILES string of the molecule is COC(=O)c1ccc(-c2cn(C(C#N)(c3ccccn3)c3ccccn3)c3cc(-c4c(C)noc4C)cnc23)cc1.COC(=O)c1ccc(-c2cn(C(c3ccccn3)c3ccccn3)c3cc(-c4c(C)noc4C)cnc23)cc1.Cc1noc(C)c1-c1cnc2c(-c3ccc(C(=O)O)cc3)cn(C(C#N)(c3ccccn3)c3ccccn3)c2c1. The summed E-state index contributed by atoms with van der Waals surface area (Å²) in [6.45, 7) is 11.3. The fourth-order valence-electron chi connectivity index (χ4n) is 15.3. The second-order valence-electron chi connectivity index (χ2n) is 28.1. The molecule has 0 bridgehead atoms. The summed E-state index contributed by atoms with van der Waals surface area (Å²) in [4.78, 5) is 78.1. The van der Waals surface area contributed by atoms with E-state index in [0.29, 0.717) is 67.5 Å². The highest BCUT2D eigenvalue weighted by Gasteiger charge is 2.43. The first kappa shape index (κ1) is 77.6. The summed E-state index contributed by atoms with van der Waals surface area (Å²) in [5, 5.41) is 43.7. The highest BCUT2D eigenvalue weighted by Crippen LogP contribution is 2.45. The first-order valence-electron chi connectivity index (χ1n) is 37.8. The molecule has 0 unspecified atom stereocenters. The van der Waals surface area contributed by atoms with E-state index in [2.05, 4.69) is 64.4 Å². The molecule has 15 aromatic heterocycles. The molecule has 3 aromatic carbocycles. The number of aromatic nitrogens is 15. The third-order valence-corrected chi connectivity index (χ3v) is 21.0. The van der Waals surface area contributed by atoms with Crippen molar-refractivity contribution in [3.05, 3.63) is 360 Å². The third kappa shape index (κ3) is 14.2. The lowest BCUT2D eigenvalue weighted by Crippen LogP contribution is -2.36. The van der Waals surface area contributed by atoms with Crippen LogP contribution in [0.2, 0.25) is 0 Å². The van der Waals surface area contributed by atoms with Gasteiger partial charge in [-0.2, -0.15) is 10.5 Å². The van der Waals surface area contributed by atoms with Crippen LogP contribution in [0.3, 0.4) is 0 Å². The monoisotopic (exact) mass is 1580 g/mol. The number of ether oxygens (including phenoxy) is 2. The number of carboxylic acid groups (broad SMARTS) is 1. The van der Waals surface area contributed by atoms with Gasteiger partial charge >= 0.3 is 17.9 Å². The van der Waals surface area contributed by atoms with Gasteiger partial charge in [-0.25, -0.2) is 14.4 Å². The molecule has 0 atom stereocenters. The van der Waals surface area contributed by atoms with Crippen LogP contribution in [0, 0.1) is 64.2 Å². The van der Waals surface area contributed by atoms with E-state index in [4.69, 9.17) is 48.0 Å². The van der Waals surface area contributed by atoms with Crippen molar-refractivity contribution < 1.29 is 42.5 Å². The normalized spacial score (nSPS) is 11.4. The zero-order valence-corrected chi connectivity index (χ0v) is 65.9. The molecular formula is C94H71N17O9. The number of hydrogen-bond donors (Lipinski definition) is 1. The van der Waals surface area contributed by atoms with Crippen LogP contribution in [-0.2, 0) is 20.6 Å². The molecule has 18 rings (SSSR count). The Balaban J connectivity index is 0.000000134. The Labute approximate surface area is 686 Å². The summed E-state index contributed by atoms with van der Waals surface area (Å²) in [6, 6.07) is 65.4. The van der Waals surface area contributed by atoms with Gasteiger partial charge in [0.05, 0.1) is 115 Å². The summed E-state index contributed by atoms with van der Waals surface area (Å²) >= 11 is 0. The molecule has 0 aliphatic heterocycles.